The number of nitrogens with one attached hydrogen (secondary N) is 1. The van der Waals surface area contributed by atoms with Gasteiger partial charge in [-0.05, 0) is 0 Å². The standard InChI is InChI=1S/C9H17NO9S/c1-4(11)10-6-7(12)8(17-2)5(19-9(6)13)3-18-20(14,15)16/h5-9,12-13H,3H2,1-2H3,(H,10,11)(H,14,15,16)/p-1/t5-,6?,7?,8+,9+/m0/s1. The Labute approximate surface area is 115 Å². The van der Waals surface area contributed by atoms with Crippen molar-refractivity contribution in [3.63, 3.8) is 0 Å². The summed E-state index contributed by atoms with van der Waals surface area (Å²) in [5.74, 6) is -0.511. The summed E-state index contributed by atoms with van der Waals surface area (Å²) < 4.78 is 45.1. The minimum absolute atomic E-state index is 0.511. The molecule has 1 fully saturated rings. The SMILES string of the molecule is CO[C@H]1C(O)C(NC(C)=O)[C@H](O)O[C@H]1COS(=O)(=O)[O-]. The van der Waals surface area contributed by atoms with E-state index in [9.17, 15) is 28.0 Å². The van der Waals surface area contributed by atoms with Crippen molar-refractivity contribution in [3.8, 4) is 0 Å². The molecular weight excluding hydrogens is 298 g/mol. The zero-order valence-corrected chi connectivity index (χ0v) is 11.6. The Morgan fingerprint density at radius 1 is 1.45 bits per heavy atom. The lowest BCUT2D eigenvalue weighted by Gasteiger charge is -2.42. The van der Waals surface area contributed by atoms with E-state index in [4.69, 9.17) is 9.47 Å². The summed E-state index contributed by atoms with van der Waals surface area (Å²) >= 11 is 0. The number of hydrogen-bond donors (Lipinski definition) is 3. The summed E-state index contributed by atoms with van der Waals surface area (Å²) in [4.78, 5) is 11.0. The third-order valence-electron chi connectivity index (χ3n) is 2.71. The molecule has 1 aliphatic heterocycles. The van der Waals surface area contributed by atoms with Crippen molar-refractivity contribution in [2.45, 2.75) is 37.6 Å². The van der Waals surface area contributed by atoms with Gasteiger partial charge in [-0.15, -0.1) is 0 Å². The van der Waals surface area contributed by atoms with Crippen molar-refractivity contribution >= 4 is 16.3 Å². The van der Waals surface area contributed by atoms with Gasteiger partial charge in [0.15, 0.2) is 6.29 Å². The highest BCUT2D eigenvalue weighted by atomic mass is 32.3. The van der Waals surface area contributed by atoms with Crippen molar-refractivity contribution in [2.75, 3.05) is 13.7 Å². The maximum absolute atomic E-state index is 11.0. The van der Waals surface area contributed by atoms with Gasteiger partial charge in [0.2, 0.25) is 16.3 Å². The molecule has 0 aliphatic carbocycles. The molecule has 0 aromatic carbocycles. The number of aliphatic hydroxyl groups is 2. The molecule has 118 valence electrons. The summed E-state index contributed by atoms with van der Waals surface area (Å²) in [6, 6.07) is -1.16. The first-order valence-electron chi connectivity index (χ1n) is 5.57. The van der Waals surface area contributed by atoms with Gasteiger partial charge in [0.1, 0.15) is 24.4 Å². The van der Waals surface area contributed by atoms with Gasteiger partial charge in [-0.1, -0.05) is 0 Å². The molecule has 0 radical (unpaired) electrons. The van der Waals surface area contributed by atoms with Crippen LogP contribution in [0.2, 0.25) is 0 Å². The number of ether oxygens (including phenoxy) is 2. The van der Waals surface area contributed by atoms with Crippen LogP contribution in [-0.2, 0) is 28.9 Å². The van der Waals surface area contributed by atoms with Gasteiger partial charge in [0.25, 0.3) is 0 Å². The number of rotatable bonds is 5. The second kappa shape index (κ2) is 6.76. The largest absolute Gasteiger partial charge is 0.726 e. The lowest BCUT2D eigenvalue weighted by Crippen LogP contribution is -2.64. The molecule has 0 aromatic rings. The minimum atomic E-state index is -4.94. The molecule has 11 heteroatoms. The molecule has 0 saturated carbocycles. The number of amides is 1. The lowest BCUT2D eigenvalue weighted by molar-refractivity contribution is -0.257. The summed E-state index contributed by atoms with van der Waals surface area (Å²) in [5, 5.41) is 21.9. The van der Waals surface area contributed by atoms with E-state index in [0.29, 0.717) is 0 Å². The summed E-state index contributed by atoms with van der Waals surface area (Å²) in [6.45, 7) is 0.450. The van der Waals surface area contributed by atoms with Crippen molar-refractivity contribution < 1.29 is 41.6 Å². The lowest BCUT2D eigenvalue weighted by atomic mass is 9.97. The minimum Gasteiger partial charge on any atom is -0.726 e. The van der Waals surface area contributed by atoms with Crippen LogP contribution in [0.4, 0.5) is 0 Å². The maximum atomic E-state index is 11.0. The van der Waals surface area contributed by atoms with Crippen LogP contribution in [0.15, 0.2) is 0 Å². The number of hydrogen-bond acceptors (Lipinski definition) is 9. The van der Waals surface area contributed by atoms with Crippen LogP contribution in [0.5, 0.6) is 0 Å². The van der Waals surface area contributed by atoms with E-state index < -0.39 is 53.6 Å². The third kappa shape index (κ3) is 4.63. The number of methoxy groups -OCH3 is 1. The molecule has 2 unspecified atom stereocenters. The van der Waals surface area contributed by atoms with Crippen LogP contribution in [0.1, 0.15) is 6.92 Å². The molecule has 0 spiro atoms. The summed E-state index contributed by atoms with van der Waals surface area (Å²) in [5.41, 5.74) is 0. The highest BCUT2D eigenvalue weighted by Gasteiger charge is 2.45. The summed E-state index contributed by atoms with van der Waals surface area (Å²) in [7, 11) is -3.73. The second-order valence-electron chi connectivity index (χ2n) is 4.18. The molecule has 1 heterocycles. The Morgan fingerprint density at radius 3 is 2.50 bits per heavy atom. The van der Waals surface area contributed by atoms with E-state index in [1.807, 2.05) is 0 Å². The highest BCUT2D eigenvalue weighted by molar-refractivity contribution is 7.80. The van der Waals surface area contributed by atoms with E-state index in [2.05, 4.69) is 9.50 Å². The molecule has 10 nitrogen and oxygen atoms in total. The Kier molecular flexibility index (Phi) is 5.82. The van der Waals surface area contributed by atoms with Crippen molar-refractivity contribution in [1.82, 2.24) is 5.32 Å². The van der Waals surface area contributed by atoms with E-state index in [1.165, 1.54) is 14.0 Å². The molecule has 1 saturated heterocycles. The fourth-order valence-corrected chi connectivity index (χ4v) is 2.20. The second-order valence-corrected chi connectivity index (χ2v) is 5.23. The Bertz CT molecular complexity index is 439. The molecule has 1 amide bonds. The van der Waals surface area contributed by atoms with Crippen LogP contribution < -0.4 is 5.32 Å². The zero-order chi connectivity index (χ0) is 15.5. The van der Waals surface area contributed by atoms with E-state index >= 15 is 0 Å². The molecular formula is C9H16NO9S-. The molecule has 0 bridgehead atoms. The van der Waals surface area contributed by atoms with Crippen LogP contribution >= 0.6 is 0 Å². The first-order chi connectivity index (χ1) is 9.15. The predicted molar refractivity (Wildman–Crippen MR) is 60.9 cm³/mol. The Balaban J connectivity index is 2.78. The van der Waals surface area contributed by atoms with Crippen molar-refractivity contribution in [3.05, 3.63) is 0 Å². The number of carbonyl (C=O) groups is 1. The Hall–Kier alpha value is -0.820. The van der Waals surface area contributed by atoms with Gasteiger partial charge in [0, 0.05) is 14.0 Å². The molecule has 0 aromatic heterocycles. The van der Waals surface area contributed by atoms with Gasteiger partial charge >= 0.3 is 0 Å². The van der Waals surface area contributed by atoms with Crippen LogP contribution in [0, 0.1) is 0 Å². The predicted octanol–water partition coefficient (Wildman–Crippen LogP) is -2.94. The van der Waals surface area contributed by atoms with Crippen LogP contribution in [0.25, 0.3) is 0 Å². The molecule has 5 atom stereocenters. The molecule has 1 aliphatic rings. The summed E-state index contributed by atoms with van der Waals surface area (Å²) in [6.07, 6.45) is -5.28. The molecule has 1 rings (SSSR count). The van der Waals surface area contributed by atoms with Gasteiger partial charge in [-0.3, -0.25) is 8.98 Å². The van der Waals surface area contributed by atoms with Gasteiger partial charge in [-0.25, -0.2) is 8.42 Å². The van der Waals surface area contributed by atoms with E-state index in [0.717, 1.165) is 0 Å². The van der Waals surface area contributed by atoms with Crippen LogP contribution in [0.3, 0.4) is 0 Å². The number of carbonyl (C=O) groups excluding carboxylic acids is 1. The van der Waals surface area contributed by atoms with Crippen molar-refractivity contribution in [2.24, 2.45) is 0 Å². The fraction of sp³-hybridized carbons (Fsp3) is 0.889. The van der Waals surface area contributed by atoms with Crippen molar-refractivity contribution in [1.29, 1.82) is 0 Å². The maximum Gasteiger partial charge on any atom is 0.217 e. The first-order valence-corrected chi connectivity index (χ1v) is 6.90. The van der Waals surface area contributed by atoms with Gasteiger partial charge < -0.3 is 29.6 Å². The highest BCUT2D eigenvalue weighted by Crippen LogP contribution is 2.22. The van der Waals surface area contributed by atoms with Gasteiger partial charge in [-0.2, -0.15) is 0 Å². The van der Waals surface area contributed by atoms with Gasteiger partial charge in [0.05, 0.1) is 6.61 Å². The number of aliphatic hydroxyl groups excluding tert-OH is 2. The topological polar surface area (TPSA) is 154 Å². The quantitative estimate of drug-likeness (QED) is 0.357. The molecule has 20 heavy (non-hydrogen) atoms. The van der Waals surface area contributed by atoms with E-state index in [-0.39, 0.29) is 0 Å². The normalized spacial score (nSPS) is 34.8. The monoisotopic (exact) mass is 314 g/mol. The smallest absolute Gasteiger partial charge is 0.217 e. The third-order valence-corrected chi connectivity index (χ3v) is 3.14. The van der Waals surface area contributed by atoms with E-state index in [1.54, 1.807) is 0 Å². The van der Waals surface area contributed by atoms with Crippen LogP contribution in [-0.4, -0.2) is 73.5 Å². The molecule has 3 N–H and O–H groups in total. The first kappa shape index (κ1) is 17.2. The fourth-order valence-electron chi connectivity index (χ4n) is 1.90. The average Bonchev–Trinajstić information content (AvgIpc) is 2.30. The Morgan fingerprint density at radius 2 is 2.05 bits per heavy atom. The average molecular weight is 314 g/mol. The zero-order valence-electron chi connectivity index (χ0n) is 10.8.